The molecule has 1 aromatic carbocycles. The molecule has 1 saturated heterocycles. The molecule has 3 rings (SSSR count). The number of nitrogens with zero attached hydrogens (tertiary/aromatic N) is 2. The lowest BCUT2D eigenvalue weighted by Crippen LogP contribution is -2.57. The Balaban J connectivity index is 1.69. The van der Waals surface area contributed by atoms with E-state index >= 15 is 0 Å². The summed E-state index contributed by atoms with van der Waals surface area (Å²) in [4.78, 5) is 11.9. The highest BCUT2D eigenvalue weighted by Crippen LogP contribution is 2.27. The minimum Gasteiger partial charge on any atom is -0.484 e. The molecule has 0 bridgehead atoms. The van der Waals surface area contributed by atoms with Crippen LogP contribution in [0.1, 0.15) is 0 Å². The Morgan fingerprint density at radius 1 is 1.44 bits per heavy atom. The van der Waals surface area contributed by atoms with Gasteiger partial charge < -0.3 is 20.7 Å². The van der Waals surface area contributed by atoms with Crippen molar-refractivity contribution in [2.45, 2.75) is 12.2 Å². The van der Waals surface area contributed by atoms with Crippen molar-refractivity contribution in [1.29, 1.82) is 0 Å². The molecular weight excluding hydrogens is 339 g/mol. The van der Waals surface area contributed by atoms with E-state index < -0.39 is 12.8 Å². The second-order valence-electron chi connectivity index (χ2n) is 5.83. The van der Waals surface area contributed by atoms with Gasteiger partial charge in [0.05, 0.1) is 18.1 Å². The average molecular weight is 357 g/mol. The first-order valence-corrected chi connectivity index (χ1v) is 7.72. The second kappa shape index (κ2) is 6.79. The first-order chi connectivity index (χ1) is 11.8. The Morgan fingerprint density at radius 3 is 2.84 bits per heavy atom. The van der Waals surface area contributed by atoms with E-state index in [4.69, 9.17) is 4.74 Å². The number of hydrogen-bond acceptors (Lipinski definition) is 5. The summed E-state index contributed by atoms with van der Waals surface area (Å²) in [5, 5.41) is 13.7. The fourth-order valence-electron chi connectivity index (χ4n) is 2.46. The van der Waals surface area contributed by atoms with Gasteiger partial charge in [0.2, 0.25) is 5.91 Å². The third-order valence-electron chi connectivity index (χ3n) is 3.79. The van der Waals surface area contributed by atoms with Gasteiger partial charge in [-0.2, -0.15) is 18.3 Å². The minimum absolute atomic E-state index is 0.0241. The monoisotopic (exact) mass is 357 g/mol. The van der Waals surface area contributed by atoms with Crippen molar-refractivity contribution in [2.75, 3.05) is 31.6 Å². The Hall–Kier alpha value is -2.49. The highest BCUT2D eigenvalue weighted by atomic mass is 19.4. The fourth-order valence-corrected chi connectivity index (χ4v) is 2.46. The SMILES string of the molecule is Cn1nc(NCC(=O)NC2CNC2)c2cc(OCC(F)(F)F)ccc21. The molecule has 0 radical (unpaired) electrons. The van der Waals surface area contributed by atoms with Crippen LogP contribution >= 0.6 is 0 Å². The van der Waals surface area contributed by atoms with Gasteiger partial charge in [-0.25, -0.2) is 0 Å². The number of amides is 1. The third kappa shape index (κ3) is 4.32. The van der Waals surface area contributed by atoms with E-state index in [1.165, 1.54) is 12.1 Å². The maximum Gasteiger partial charge on any atom is 0.422 e. The zero-order valence-corrected chi connectivity index (χ0v) is 13.5. The van der Waals surface area contributed by atoms with Crippen LogP contribution in [0.15, 0.2) is 18.2 Å². The molecule has 10 heteroatoms. The lowest BCUT2D eigenvalue weighted by atomic mass is 10.2. The number of aryl methyl sites for hydroxylation is 1. The molecule has 1 fully saturated rings. The van der Waals surface area contributed by atoms with Crippen molar-refractivity contribution in [1.82, 2.24) is 20.4 Å². The number of halogens is 3. The molecule has 0 unspecified atom stereocenters. The summed E-state index contributed by atoms with van der Waals surface area (Å²) in [6.07, 6.45) is -4.40. The van der Waals surface area contributed by atoms with Crippen LogP contribution < -0.4 is 20.7 Å². The molecular formula is C15H18F3N5O2. The summed E-state index contributed by atoms with van der Waals surface area (Å²) in [6, 6.07) is 4.69. The summed E-state index contributed by atoms with van der Waals surface area (Å²) in [5.41, 5.74) is 0.713. The van der Waals surface area contributed by atoms with Crippen LogP contribution in [0.3, 0.4) is 0 Å². The van der Waals surface area contributed by atoms with Crippen LogP contribution in [-0.4, -0.2) is 54.1 Å². The standard InChI is InChI=1S/C15H18F3N5O2/c1-23-12-3-2-10(25-8-15(16,17)18)4-11(12)14(22-23)20-7-13(24)21-9-5-19-6-9/h2-4,9,19H,5-8H2,1H3,(H,20,22)(H,21,24). The molecule has 7 nitrogen and oxygen atoms in total. The van der Waals surface area contributed by atoms with Crippen LogP contribution in [0.5, 0.6) is 5.75 Å². The van der Waals surface area contributed by atoms with E-state index in [9.17, 15) is 18.0 Å². The lowest BCUT2D eigenvalue weighted by molar-refractivity contribution is -0.153. The second-order valence-corrected chi connectivity index (χ2v) is 5.83. The fraction of sp³-hybridized carbons (Fsp3) is 0.467. The number of alkyl halides is 3. The molecule has 2 aromatic rings. The number of carbonyl (C=O) groups is 1. The largest absolute Gasteiger partial charge is 0.484 e. The van der Waals surface area contributed by atoms with E-state index in [0.717, 1.165) is 13.1 Å². The molecule has 0 spiro atoms. The Labute approximate surface area is 141 Å². The van der Waals surface area contributed by atoms with Crippen LogP contribution in [0.25, 0.3) is 10.9 Å². The highest BCUT2D eigenvalue weighted by molar-refractivity contribution is 5.93. The van der Waals surface area contributed by atoms with E-state index in [1.807, 2.05) is 0 Å². The normalized spacial score (nSPS) is 15.0. The van der Waals surface area contributed by atoms with Crippen LogP contribution in [-0.2, 0) is 11.8 Å². The maximum atomic E-state index is 12.3. The van der Waals surface area contributed by atoms with Gasteiger partial charge in [-0.15, -0.1) is 0 Å². The summed E-state index contributed by atoms with van der Waals surface area (Å²) in [7, 11) is 1.71. The van der Waals surface area contributed by atoms with Crippen LogP contribution in [0.2, 0.25) is 0 Å². The summed E-state index contributed by atoms with van der Waals surface area (Å²) in [6.45, 7) is 0.159. The number of aromatic nitrogens is 2. The van der Waals surface area contributed by atoms with Gasteiger partial charge in [-0.3, -0.25) is 9.48 Å². The van der Waals surface area contributed by atoms with Crippen molar-refractivity contribution in [3.05, 3.63) is 18.2 Å². The van der Waals surface area contributed by atoms with Gasteiger partial charge in [0.25, 0.3) is 0 Å². The summed E-state index contributed by atoms with van der Waals surface area (Å²) >= 11 is 0. The van der Waals surface area contributed by atoms with Gasteiger partial charge in [0, 0.05) is 25.5 Å². The quantitative estimate of drug-likeness (QED) is 0.719. The van der Waals surface area contributed by atoms with Crippen molar-refractivity contribution in [2.24, 2.45) is 7.05 Å². The van der Waals surface area contributed by atoms with Crippen molar-refractivity contribution in [3.63, 3.8) is 0 Å². The number of fused-ring (bicyclic) bond motifs is 1. The molecule has 3 N–H and O–H groups in total. The number of ether oxygens (including phenoxy) is 1. The molecule has 0 atom stereocenters. The molecule has 136 valence electrons. The molecule has 1 aromatic heterocycles. The Morgan fingerprint density at radius 2 is 2.20 bits per heavy atom. The van der Waals surface area contributed by atoms with E-state index in [2.05, 4.69) is 21.0 Å². The highest BCUT2D eigenvalue weighted by Gasteiger charge is 2.28. The van der Waals surface area contributed by atoms with Gasteiger partial charge in [0.1, 0.15) is 5.75 Å². The molecule has 1 aliphatic heterocycles. The van der Waals surface area contributed by atoms with E-state index in [1.54, 1.807) is 17.8 Å². The minimum atomic E-state index is -4.40. The molecule has 1 aliphatic rings. The number of rotatable bonds is 6. The average Bonchev–Trinajstić information content (AvgIpc) is 2.82. The van der Waals surface area contributed by atoms with Crippen LogP contribution in [0.4, 0.5) is 19.0 Å². The number of carbonyl (C=O) groups excluding carboxylic acids is 1. The molecule has 0 aliphatic carbocycles. The first kappa shape index (κ1) is 17.3. The number of anilines is 1. The smallest absolute Gasteiger partial charge is 0.422 e. The molecule has 2 heterocycles. The number of nitrogens with one attached hydrogen (secondary N) is 3. The van der Waals surface area contributed by atoms with Crippen molar-refractivity contribution >= 4 is 22.6 Å². The zero-order valence-electron chi connectivity index (χ0n) is 13.5. The van der Waals surface area contributed by atoms with E-state index in [-0.39, 0.29) is 24.2 Å². The molecule has 0 saturated carbocycles. The van der Waals surface area contributed by atoms with Gasteiger partial charge in [-0.1, -0.05) is 0 Å². The summed E-state index contributed by atoms with van der Waals surface area (Å²) in [5.74, 6) is 0.331. The maximum absolute atomic E-state index is 12.3. The number of hydrogen-bond donors (Lipinski definition) is 3. The Bertz CT molecular complexity index is 770. The lowest BCUT2D eigenvalue weighted by Gasteiger charge is -2.27. The first-order valence-electron chi connectivity index (χ1n) is 7.72. The van der Waals surface area contributed by atoms with Gasteiger partial charge >= 0.3 is 6.18 Å². The predicted molar refractivity (Wildman–Crippen MR) is 85.6 cm³/mol. The van der Waals surface area contributed by atoms with Crippen molar-refractivity contribution < 1.29 is 22.7 Å². The van der Waals surface area contributed by atoms with Crippen LogP contribution in [0, 0.1) is 0 Å². The van der Waals surface area contributed by atoms with Gasteiger partial charge in [-0.05, 0) is 18.2 Å². The topological polar surface area (TPSA) is 80.2 Å². The number of benzene rings is 1. The predicted octanol–water partition coefficient (Wildman–Crippen LogP) is 1.01. The summed E-state index contributed by atoms with van der Waals surface area (Å²) < 4.78 is 43.2. The molecule has 1 amide bonds. The Kier molecular flexibility index (Phi) is 4.71. The van der Waals surface area contributed by atoms with Crippen molar-refractivity contribution in [3.8, 4) is 5.75 Å². The van der Waals surface area contributed by atoms with E-state index in [0.29, 0.717) is 16.7 Å². The third-order valence-corrected chi connectivity index (χ3v) is 3.79. The molecule has 25 heavy (non-hydrogen) atoms. The van der Waals surface area contributed by atoms with Gasteiger partial charge in [0.15, 0.2) is 12.4 Å². The zero-order chi connectivity index (χ0) is 18.0.